The van der Waals surface area contributed by atoms with E-state index in [4.69, 9.17) is 0 Å². The van der Waals surface area contributed by atoms with E-state index in [0.717, 1.165) is 19.1 Å². The number of hydrogen-bond donors (Lipinski definition) is 0. The van der Waals surface area contributed by atoms with Crippen LogP contribution in [-0.4, -0.2) is 23.0 Å². The standard InChI is InChI=1S/C24H9BF15N/c1-2-6-4-3-5-41(6)25(7-10(26)16(32)22(38)17(33)11(7)27,8-12(28)18(34)23(39)19(35)13(8)29)9-14(30)20(36)24(40)21(37)15(9)31/h3-4H,2,5H2,1H3. The second-order valence-electron chi connectivity index (χ2n) is 8.67. The summed E-state index contributed by atoms with van der Waals surface area (Å²) >= 11 is 0. The fraction of sp³-hybridized carbons (Fsp3) is 0.125. The Labute approximate surface area is 218 Å². The first-order valence-electron chi connectivity index (χ1n) is 11.1. The molecule has 0 spiro atoms. The first kappa shape index (κ1) is 30.1. The highest BCUT2D eigenvalue weighted by Crippen LogP contribution is 2.29. The van der Waals surface area contributed by atoms with Gasteiger partial charge in [-0.1, -0.05) is 6.92 Å². The van der Waals surface area contributed by atoms with E-state index >= 15 is 26.3 Å². The summed E-state index contributed by atoms with van der Waals surface area (Å²) in [6.45, 7) is 0.0656. The molecule has 1 heterocycles. The predicted octanol–water partition coefficient (Wildman–Crippen LogP) is 5.17. The monoisotopic (exact) mass is 607 g/mol. The first-order valence-corrected chi connectivity index (χ1v) is 11.1. The van der Waals surface area contributed by atoms with E-state index in [1.807, 2.05) is 0 Å². The number of nitrogens with zero attached hydrogens (tertiary/aromatic N) is 1. The Morgan fingerprint density at radius 1 is 0.463 bits per heavy atom. The van der Waals surface area contributed by atoms with Gasteiger partial charge in [0.1, 0.15) is 47.2 Å². The van der Waals surface area contributed by atoms with Gasteiger partial charge in [0, 0.05) is 12.5 Å². The van der Waals surface area contributed by atoms with Gasteiger partial charge in [-0.15, -0.1) is 0 Å². The largest absolute Gasteiger partial charge is 0.439 e. The second-order valence-corrected chi connectivity index (χ2v) is 8.67. The fourth-order valence-corrected chi connectivity index (χ4v) is 5.11. The van der Waals surface area contributed by atoms with Crippen LogP contribution in [0.2, 0.25) is 0 Å². The Kier molecular flexibility index (Phi) is 7.46. The average Bonchev–Trinajstić information content (AvgIpc) is 3.44. The predicted molar refractivity (Wildman–Crippen MR) is 113 cm³/mol. The van der Waals surface area contributed by atoms with Gasteiger partial charge in [0.05, 0.1) is 0 Å². The summed E-state index contributed by atoms with van der Waals surface area (Å²) in [5.74, 6) is -45.2. The molecule has 0 N–H and O–H groups in total. The van der Waals surface area contributed by atoms with Crippen LogP contribution in [0.15, 0.2) is 12.2 Å². The van der Waals surface area contributed by atoms with Crippen LogP contribution in [0.5, 0.6) is 0 Å². The van der Waals surface area contributed by atoms with Crippen molar-refractivity contribution in [3.05, 3.63) is 99.4 Å². The highest BCUT2D eigenvalue weighted by molar-refractivity contribution is 7.06. The van der Waals surface area contributed by atoms with E-state index < -0.39 is 129 Å². The van der Waals surface area contributed by atoms with Gasteiger partial charge in [0.25, 0.3) is 0 Å². The summed E-state index contributed by atoms with van der Waals surface area (Å²) in [6, 6.07) is 0. The van der Waals surface area contributed by atoms with Crippen LogP contribution in [0.1, 0.15) is 13.3 Å². The third-order valence-electron chi connectivity index (χ3n) is 6.80. The Morgan fingerprint density at radius 3 is 0.951 bits per heavy atom. The van der Waals surface area contributed by atoms with Crippen molar-refractivity contribution in [1.82, 2.24) is 0 Å². The molecule has 218 valence electrons. The van der Waals surface area contributed by atoms with Crippen molar-refractivity contribution in [2.75, 3.05) is 6.54 Å². The topological polar surface area (TPSA) is 3.01 Å². The quantitative estimate of drug-likeness (QED) is 0.163. The maximum Gasteiger partial charge on any atom is 0.372 e. The summed E-state index contributed by atoms with van der Waals surface area (Å²) in [4.78, 5) is 0. The number of halogens is 15. The molecule has 0 amide bonds. The second kappa shape index (κ2) is 10.2. The zero-order valence-corrected chi connectivity index (χ0v) is 19.8. The number of hydrogen-bond acceptors (Lipinski definition) is 0. The molecule has 0 saturated heterocycles. The summed E-state index contributed by atoms with van der Waals surface area (Å²) in [6.07, 6.45) is -4.46. The third-order valence-corrected chi connectivity index (χ3v) is 6.80. The van der Waals surface area contributed by atoms with Crippen molar-refractivity contribution in [2.24, 2.45) is 0 Å². The summed E-state index contributed by atoms with van der Waals surface area (Å²) in [5.41, 5.74) is -8.52. The van der Waals surface area contributed by atoms with Crippen molar-refractivity contribution >= 4 is 28.4 Å². The molecule has 1 aliphatic heterocycles. The number of rotatable bonds is 5. The van der Waals surface area contributed by atoms with Gasteiger partial charge in [0.2, 0.25) is 0 Å². The van der Waals surface area contributed by atoms with Crippen LogP contribution in [0.25, 0.3) is 0 Å². The Morgan fingerprint density at radius 2 is 0.707 bits per heavy atom. The molecule has 0 saturated carbocycles. The molecule has 17 heteroatoms. The molecule has 0 unspecified atom stereocenters. The van der Waals surface area contributed by atoms with Crippen LogP contribution in [0.4, 0.5) is 65.9 Å². The van der Waals surface area contributed by atoms with Gasteiger partial charge in [-0.25, -0.2) is 65.9 Å². The van der Waals surface area contributed by atoms with Crippen LogP contribution in [0.3, 0.4) is 0 Å². The van der Waals surface area contributed by atoms with Gasteiger partial charge in [0.15, 0.2) is 52.4 Å². The van der Waals surface area contributed by atoms with Crippen LogP contribution in [0, 0.1) is 87.3 Å². The SMILES string of the molecule is CCC1=[N+]([B-](c2c(F)c(F)c(F)c(F)c2F)(c2c(F)c(F)c(F)c(F)c2F)c2c(F)c(F)c(F)c(F)c2F)CC=C1. The third kappa shape index (κ3) is 3.87. The van der Waals surface area contributed by atoms with E-state index in [2.05, 4.69) is 0 Å². The van der Waals surface area contributed by atoms with Crippen molar-refractivity contribution in [2.45, 2.75) is 13.3 Å². The van der Waals surface area contributed by atoms with Crippen molar-refractivity contribution < 1.29 is 70.3 Å². The van der Waals surface area contributed by atoms with Gasteiger partial charge >= 0.3 is 6.28 Å². The van der Waals surface area contributed by atoms with E-state index in [1.165, 1.54) is 0 Å². The minimum absolute atomic E-state index is 0.0504. The van der Waals surface area contributed by atoms with Gasteiger partial charge in [-0.2, -0.15) is 0 Å². The summed E-state index contributed by atoms with van der Waals surface area (Å²) < 4.78 is 222. The minimum atomic E-state index is -5.74. The maximum absolute atomic E-state index is 15.5. The molecular formula is C24H9BF15N. The molecule has 0 atom stereocenters. The van der Waals surface area contributed by atoms with Crippen molar-refractivity contribution in [3.63, 3.8) is 0 Å². The molecule has 0 aromatic heterocycles. The molecule has 3 aromatic rings. The number of allylic oxidation sites excluding steroid dienone is 1. The fourth-order valence-electron chi connectivity index (χ4n) is 5.11. The molecule has 0 radical (unpaired) electrons. The Balaban J connectivity index is 2.55. The number of benzene rings is 3. The van der Waals surface area contributed by atoms with Gasteiger partial charge in [-0.3, -0.25) is 0 Å². The highest BCUT2D eigenvalue weighted by Gasteiger charge is 2.58. The van der Waals surface area contributed by atoms with Crippen LogP contribution in [-0.2, 0) is 0 Å². The summed E-state index contributed by atoms with van der Waals surface area (Å²) in [5, 5.41) is 0. The maximum atomic E-state index is 15.5. The Hall–Kier alpha value is -3.92. The molecule has 41 heavy (non-hydrogen) atoms. The van der Waals surface area contributed by atoms with E-state index in [9.17, 15) is 39.5 Å². The minimum Gasteiger partial charge on any atom is -0.439 e. The van der Waals surface area contributed by atoms with E-state index in [1.54, 1.807) is 0 Å². The average molecular weight is 607 g/mol. The van der Waals surface area contributed by atoms with Gasteiger partial charge < -0.3 is 4.49 Å². The molecule has 0 aliphatic carbocycles. The molecule has 3 aromatic carbocycles. The van der Waals surface area contributed by atoms with Crippen molar-refractivity contribution in [1.29, 1.82) is 0 Å². The van der Waals surface area contributed by atoms with Gasteiger partial charge in [-0.05, 0) is 22.5 Å². The molecule has 1 aliphatic rings. The Bertz CT molecular complexity index is 1460. The van der Waals surface area contributed by atoms with Crippen LogP contribution < -0.4 is 16.4 Å². The summed E-state index contributed by atoms with van der Waals surface area (Å²) in [7, 11) is 0. The zero-order chi connectivity index (χ0) is 30.9. The lowest BCUT2D eigenvalue weighted by molar-refractivity contribution is -0.376. The smallest absolute Gasteiger partial charge is 0.372 e. The molecule has 0 bridgehead atoms. The molecular weight excluding hydrogens is 598 g/mol. The molecule has 0 fully saturated rings. The lowest BCUT2D eigenvalue weighted by Crippen LogP contribution is -2.79. The zero-order valence-electron chi connectivity index (χ0n) is 19.8. The highest BCUT2D eigenvalue weighted by atomic mass is 19.2. The van der Waals surface area contributed by atoms with E-state index in [-0.39, 0.29) is 4.49 Å². The van der Waals surface area contributed by atoms with Crippen molar-refractivity contribution in [3.8, 4) is 0 Å². The normalized spacial score (nSPS) is 13.7. The molecule has 4 rings (SSSR count). The van der Waals surface area contributed by atoms with E-state index in [0.29, 0.717) is 0 Å². The first-order chi connectivity index (χ1) is 19.1. The van der Waals surface area contributed by atoms with Crippen LogP contribution >= 0.6 is 0 Å². The molecule has 1 nitrogen and oxygen atoms in total. The lowest BCUT2D eigenvalue weighted by atomic mass is 9.23. The lowest BCUT2D eigenvalue weighted by Gasteiger charge is -2.40.